The average molecular weight is 372 g/mol. The summed E-state index contributed by atoms with van der Waals surface area (Å²) < 4.78 is 23.4. The number of hydrogen-bond donors (Lipinski definition) is 1. The van der Waals surface area contributed by atoms with Gasteiger partial charge in [-0.25, -0.2) is 8.42 Å². The molecule has 2 aromatic carbocycles. The van der Waals surface area contributed by atoms with Crippen LogP contribution in [0, 0.1) is 0 Å². The first-order valence-corrected chi connectivity index (χ1v) is 9.39. The molecule has 2 aromatic rings. The minimum absolute atomic E-state index is 0.0639. The molecular formula is C16H15Cl2NO3S. The molecule has 1 unspecified atom stereocenters. The molecule has 23 heavy (non-hydrogen) atoms. The van der Waals surface area contributed by atoms with Gasteiger partial charge in [-0.2, -0.15) is 0 Å². The maximum absolute atomic E-state index is 12.3. The molecule has 0 radical (unpaired) electrons. The lowest BCUT2D eigenvalue weighted by Crippen LogP contribution is -2.26. The highest BCUT2D eigenvalue weighted by atomic mass is 35.5. The Morgan fingerprint density at radius 2 is 1.70 bits per heavy atom. The molecule has 0 aliphatic heterocycles. The van der Waals surface area contributed by atoms with Crippen molar-refractivity contribution in [3.05, 3.63) is 63.6 Å². The zero-order valence-corrected chi connectivity index (χ0v) is 14.8. The molecule has 1 N–H and O–H groups in total. The molecule has 1 amide bonds. The summed E-state index contributed by atoms with van der Waals surface area (Å²) in [5.74, 6) is -0.381. The Morgan fingerprint density at radius 1 is 1.09 bits per heavy atom. The van der Waals surface area contributed by atoms with Gasteiger partial charge in [0.15, 0.2) is 9.84 Å². The standard InChI is InChI=1S/C16H15Cl2NO3S/c1-10(11-3-6-13(17)7-4-11)19-16(20)12-5-8-14(18)15(9-12)23(2,21)22/h3-10H,1-2H3,(H,19,20). The predicted octanol–water partition coefficient (Wildman–Crippen LogP) is 3.89. The van der Waals surface area contributed by atoms with Crippen molar-refractivity contribution in [2.45, 2.75) is 17.9 Å². The monoisotopic (exact) mass is 371 g/mol. The SMILES string of the molecule is CC(NC(=O)c1ccc(Cl)c(S(C)(=O)=O)c1)c1ccc(Cl)cc1. The number of rotatable bonds is 4. The summed E-state index contributed by atoms with van der Waals surface area (Å²) in [5.41, 5.74) is 1.12. The number of sulfone groups is 1. The van der Waals surface area contributed by atoms with Crippen LogP contribution in [0.4, 0.5) is 0 Å². The fraction of sp³-hybridized carbons (Fsp3) is 0.188. The molecular weight excluding hydrogens is 357 g/mol. The summed E-state index contributed by atoms with van der Waals surface area (Å²) in [6.45, 7) is 1.83. The van der Waals surface area contributed by atoms with Crippen LogP contribution in [0.1, 0.15) is 28.9 Å². The van der Waals surface area contributed by atoms with Gasteiger partial charge in [0.25, 0.3) is 5.91 Å². The normalized spacial score (nSPS) is 12.7. The van der Waals surface area contributed by atoms with E-state index in [9.17, 15) is 13.2 Å². The van der Waals surface area contributed by atoms with Crippen LogP contribution in [0.2, 0.25) is 10.0 Å². The minimum atomic E-state index is -3.50. The fourth-order valence-electron chi connectivity index (χ4n) is 2.04. The first-order chi connectivity index (χ1) is 10.7. The Kier molecular flexibility index (Phi) is 5.34. The van der Waals surface area contributed by atoms with Gasteiger partial charge in [-0.15, -0.1) is 0 Å². The summed E-state index contributed by atoms with van der Waals surface area (Å²) in [6.07, 6.45) is 1.05. The van der Waals surface area contributed by atoms with Crippen LogP contribution < -0.4 is 5.32 Å². The molecule has 0 bridgehead atoms. The number of carbonyl (C=O) groups excluding carboxylic acids is 1. The molecule has 2 rings (SSSR count). The van der Waals surface area contributed by atoms with E-state index in [4.69, 9.17) is 23.2 Å². The second-order valence-electron chi connectivity index (χ2n) is 5.16. The number of halogens is 2. The predicted molar refractivity (Wildman–Crippen MR) is 91.9 cm³/mol. The molecule has 0 saturated heterocycles. The third-order valence-electron chi connectivity index (χ3n) is 3.31. The largest absolute Gasteiger partial charge is 0.346 e. The lowest BCUT2D eigenvalue weighted by atomic mass is 10.1. The minimum Gasteiger partial charge on any atom is -0.346 e. The van der Waals surface area contributed by atoms with Gasteiger partial charge in [0, 0.05) is 16.8 Å². The van der Waals surface area contributed by atoms with Crippen LogP contribution in [0.5, 0.6) is 0 Å². The van der Waals surface area contributed by atoms with Gasteiger partial charge >= 0.3 is 0 Å². The fourth-order valence-corrected chi connectivity index (χ4v) is 3.47. The summed E-state index contributed by atoms with van der Waals surface area (Å²) in [5, 5.41) is 3.52. The number of hydrogen-bond acceptors (Lipinski definition) is 3. The van der Waals surface area contributed by atoms with Gasteiger partial charge in [-0.1, -0.05) is 35.3 Å². The van der Waals surface area contributed by atoms with E-state index in [1.54, 1.807) is 12.1 Å². The molecule has 0 aromatic heterocycles. The molecule has 0 saturated carbocycles. The molecule has 0 spiro atoms. The Hall–Kier alpha value is -1.56. The first-order valence-electron chi connectivity index (χ1n) is 6.74. The van der Waals surface area contributed by atoms with Crippen LogP contribution in [0.25, 0.3) is 0 Å². The van der Waals surface area contributed by atoms with E-state index in [1.807, 2.05) is 19.1 Å². The van der Waals surface area contributed by atoms with E-state index in [0.29, 0.717) is 5.02 Å². The molecule has 122 valence electrons. The van der Waals surface area contributed by atoms with Crippen molar-refractivity contribution in [3.8, 4) is 0 Å². The summed E-state index contributed by atoms with van der Waals surface area (Å²) in [4.78, 5) is 12.2. The molecule has 0 heterocycles. The Labute approximate surface area is 145 Å². The Balaban J connectivity index is 2.22. The Morgan fingerprint density at radius 3 is 2.26 bits per heavy atom. The number of benzene rings is 2. The second-order valence-corrected chi connectivity index (χ2v) is 7.99. The van der Waals surface area contributed by atoms with E-state index >= 15 is 0 Å². The lowest BCUT2D eigenvalue weighted by molar-refractivity contribution is 0.0939. The van der Waals surface area contributed by atoms with Crippen molar-refractivity contribution in [2.24, 2.45) is 0 Å². The van der Waals surface area contributed by atoms with Crippen molar-refractivity contribution in [2.75, 3.05) is 6.26 Å². The van der Waals surface area contributed by atoms with Gasteiger partial charge in [0.05, 0.1) is 16.0 Å². The molecule has 1 atom stereocenters. The third kappa shape index (κ3) is 4.47. The van der Waals surface area contributed by atoms with Gasteiger partial charge < -0.3 is 5.32 Å². The Bertz CT molecular complexity index is 833. The quantitative estimate of drug-likeness (QED) is 0.886. The molecule has 0 aliphatic carbocycles. The average Bonchev–Trinajstić information content (AvgIpc) is 2.47. The smallest absolute Gasteiger partial charge is 0.251 e. The molecule has 4 nitrogen and oxygen atoms in total. The van der Waals surface area contributed by atoms with Gasteiger partial charge in [-0.3, -0.25) is 4.79 Å². The molecule has 7 heteroatoms. The van der Waals surface area contributed by atoms with Crippen molar-refractivity contribution in [1.29, 1.82) is 0 Å². The van der Waals surface area contributed by atoms with E-state index in [-0.39, 0.29) is 27.4 Å². The third-order valence-corrected chi connectivity index (χ3v) is 5.14. The number of carbonyl (C=O) groups is 1. The van der Waals surface area contributed by atoms with Crippen LogP contribution >= 0.6 is 23.2 Å². The van der Waals surface area contributed by atoms with Gasteiger partial charge in [0.1, 0.15) is 0 Å². The van der Waals surface area contributed by atoms with Gasteiger partial charge in [-0.05, 0) is 42.8 Å². The highest BCUT2D eigenvalue weighted by Gasteiger charge is 2.17. The van der Waals surface area contributed by atoms with E-state index in [0.717, 1.165) is 11.8 Å². The number of amides is 1. The van der Waals surface area contributed by atoms with Gasteiger partial charge in [0.2, 0.25) is 0 Å². The zero-order valence-electron chi connectivity index (χ0n) is 12.5. The summed E-state index contributed by atoms with van der Waals surface area (Å²) in [7, 11) is -3.50. The summed E-state index contributed by atoms with van der Waals surface area (Å²) >= 11 is 11.7. The number of nitrogens with one attached hydrogen (secondary N) is 1. The highest BCUT2D eigenvalue weighted by molar-refractivity contribution is 7.90. The second kappa shape index (κ2) is 6.91. The molecule has 0 fully saturated rings. The van der Waals surface area contributed by atoms with E-state index < -0.39 is 9.84 Å². The van der Waals surface area contributed by atoms with Crippen molar-refractivity contribution in [3.63, 3.8) is 0 Å². The van der Waals surface area contributed by atoms with Crippen LogP contribution in [-0.4, -0.2) is 20.6 Å². The van der Waals surface area contributed by atoms with Crippen LogP contribution in [0.3, 0.4) is 0 Å². The van der Waals surface area contributed by atoms with Crippen molar-refractivity contribution < 1.29 is 13.2 Å². The van der Waals surface area contributed by atoms with Crippen molar-refractivity contribution >= 4 is 38.9 Å². The maximum atomic E-state index is 12.3. The maximum Gasteiger partial charge on any atom is 0.251 e. The highest BCUT2D eigenvalue weighted by Crippen LogP contribution is 2.23. The first kappa shape index (κ1) is 17.8. The van der Waals surface area contributed by atoms with E-state index in [2.05, 4.69) is 5.32 Å². The summed E-state index contributed by atoms with van der Waals surface area (Å²) in [6, 6.07) is 11.0. The topological polar surface area (TPSA) is 63.2 Å². The zero-order chi connectivity index (χ0) is 17.2. The lowest BCUT2D eigenvalue weighted by Gasteiger charge is -2.15. The van der Waals surface area contributed by atoms with E-state index in [1.165, 1.54) is 18.2 Å². The van der Waals surface area contributed by atoms with Crippen LogP contribution in [0.15, 0.2) is 47.4 Å². The van der Waals surface area contributed by atoms with Crippen molar-refractivity contribution in [1.82, 2.24) is 5.32 Å². The van der Waals surface area contributed by atoms with Crippen LogP contribution in [-0.2, 0) is 9.84 Å². The molecule has 0 aliphatic rings.